The Morgan fingerprint density at radius 3 is 3.19 bits per heavy atom. The topological polar surface area (TPSA) is 73.5 Å². The van der Waals surface area contributed by atoms with Crippen molar-refractivity contribution in [3.8, 4) is 6.07 Å². The molecule has 4 rings (SSSR count). The lowest BCUT2D eigenvalue weighted by Crippen LogP contribution is -2.38. The summed E-state index contributed by atoms with van der Waals surface area (Å²) in [7, 11) is 0. The molecule has 0 aliphatic carbocycles. The van der Waals surface area contributed by atoms with Gasteiger partial charge in [0.15, 0.2) is 0 Å². The van der Waals surface area contributed by atoms with Crippen LogP contribution in [0.4, 0.5) is 0 Å². The molecule has 1 fully saturated rings. The molecule has 0 bridgehead atoms. The van der Waals surface area contributed by atoms with Crippen LogP contribution in [0.1, 0.15) is 19.8 Å². The van der Waals surface area contributed by atoms with Crippen LogP contribution in [0.5, 0.6) is 0 Å². The van der Waals surface area contributed by atoms with E-state index in [1.165, 1.54) is 0 Å². The van der Waals surface area contributed by atoms with Crippen molar-refractivity contribution in [2.24, 2.45) is 5.92 Å². The highest BCUT2D eigenvalue weighted by Crippen LogP contribution is 2.28. The van der Waals surface area contributed by atoms with Crippen LogP contribution in [0.15, 0.2) is 24.8 Å². The number of nitrogens with zero attached hydrogens (tertiary/aromatic N) is 5. The smallest absolute Gasteiger partial charge is 0.139 e. The van der Waals surface area contributed by atoms with Crippen LogP contribution in [0.25, 0.3) is 22.1 Å². The van der Waals surface area contributed by atoms with Crippen LogP contribution in [0.2, 0.25) is 0 Å². The van der Waals surface area contributed by atoms with Gasteiger partial charge in [-0.15, -0.1) is 0 Å². The molecule has 0 amide bonds. The van der Waals surface area contributed by atoms with Crippen molar-refractivity contribution in [1.29, 1.82) is 5.26 Å². The number of aromatic nitrogens is 4. The Morgan fingerprint density at radius 2 is 2.38 bits per heavy atom. The van der Waals surface area contributed by atoms with Crippen LogP contribution < -0.4 is 5.01 Å². The number of imidazole rings is 1. The Hall–Kier alpha value is -2.55. The predicted molar refractivity (Wildman–Crippen MR) is 80.3 cm³/mol. The van der Waals surface area contributed by atoms with Gasteiger partial charge in [-0.1, -0.05) is 6.92 Å². The van der Waals surface area contributed by atoms with Gasteiger partial charge in [-0.05, 0) is 18.9 Å². The fraction of sp³-hybridized carbons (Fsp3) is 0.400. The molecule has 1 aliphatic heterocycles. The molecule has 4 heterocycles. The molecule has 2 atom stereocenters. The minimum absolute atomic E-state index is 0.0935. The van der Waals surface area contributed by atoms with Gasteiger partial charge in [0.25, 0.3) is 0 Å². The zero-order valence-corrected chi connectivity index (χ0v) is 11.8. The first kappa shape index (κ1) is 12.2. The third kappa shape index (κ3) is 1.70. The molecule has 3 aromatic rings. The lowest BCUT2D eigenvalue weighted by molar-refractivity contribution is 0.536. The van der Waals surface area contributed by atoms with Gasteiger partial charge in [0.05, 0.1) is 24.7 Å². The normalized spacial score (nSPS) is 22.2. The molecule has 0 saturated carbocycles. The van der Waals surface area contributed by atoms with Crippen LogP contribution >= 0.6 is 0 Å². The minimum atomic E-state index is 0.0935. The van der Waals surface area contributed by atoms with Crippen molar-refractivity contribution in [3.63, 3.8) is 0 Å². The van der Waals surface area contributed by atoms with E-state index in [1.807, 2.05) is 18.6 Å². The van der Waals surface area contributed by atoms with E-state index >= 15 is 0 Å². The summed E-state index contributed by atoms with van der Waals surface area (Å²) in [6, 6.07) is 4.82. The number of nitriles is 1. The molecule has 6 heteroatoms. The summed E-state index contributed by atoms with van der Waals surface area (Å²) < 4.78 is 2.11. The molecule has 1 N–H and O–H groups in total. The maximum absolute atomic E-state index is 9.23. The maximum atomic E-state index is 9.23. The fourth-order valence-corrected chi connectivity index (χ4v) is 3.32. The summed E-state index contributed by atoms with van der Waals surface area (Å²) in [4.78, 5) is 12.0. The van der Waals surface area contributed by atoms with Crippen molar-refractivity contribution in [3.05, 3.63) is 24.8 Å². The Balaban J connectivity index is 1.90. The molecular weight excluding hydrogens is 264 g/mol. The van der Waals surface area contributed by atoms with Gasteiger partial charge in [-0.25, -0.2) is 14.6 Å². The predicted octanol–water partition coefficient (Wildman–Crippen LogP) is 2.17. The molecule has 0 aromatic carbocycles. The fourth-order valence-electron chi connectivity index (χ4n) is 3.32. The average molecular weight is 280 g/mol. The Bertz CT molecular complexity index is 839. The van der Waals surface area contributed by atoms with E-state index in [1.54, 1.807) is 6.20 Å². The Kier molecular flexibility index (Phi) is 2.61. The average Bonchev–Trinajstić information content (AvgIpc) is 3.22. The number of hydrogen-bond acceptors (Lipinski definition) is 4. The first-order valence-electron chi connectivity index (χ1n) is 7.27. The second-order valence-electron chi connectivity index (χ2n) is 5.57. The van der Waals surface area contributed by atoms with E-state index in [4.69, 9.17) is 0 Å². The number of fused-ring (bicyclic) bond motifs is 3. The number of pyridine rings is 1. The minimum Gasteiger partial charge on any atom is -0.346 e. The molecule has 0 radical (unpaired) electrons. The zero-order valence-electron chi connectivity index (χ0n) is 11.8. The van der Waals surface area contributed by atoms with Gasteiger partial charge in [-0.3, -0.25) is 0 Å². The number of rotatable bonds is 2. The molecule has 1 saturated heterocycles. The van der Waals surface area contributed by atoms with E-state index < -0.39 is 0 Å². The van der Waals surface area contributed by atoms with E-state index in [0.29, 0.717) is 6.04 Å². The van der Waals surface area contributed by atoms with Crippen LogP contribution in [0.3, 0.4) is 0 Å². The Labute approximate surface area is 122 Å². The largest absolute Gasteiger partial charge is 0.346 e. The molecule has 1 aliphatic rings. The van der Waals surface area contributed by atoms with E-state index in [0.717, 1.165) is 41.5 Å². The van der Waals surface area contributed by atoms with Gasteiger partial charge in [0.2, 0.25) is 0 Å². The first-order chi connectivity index (χ1) is 10.3. The first-order valence-corrected chi connectivity index (χ1v) is 7.27. The van der Waals surface area contributed by atoms with Crippen LogP contribution in [-0.2, 0) is 0 Å². The van der Waals surface area contributed by atoms with Gasteiger partial charge in [0, 0.05) is 17.6 Å². The van der Waals surface area contributed by atoms with Crippen LogP contribution in [-0.4, -0.2) is 32.2 Å². The third-order valence-electron chi connectivity index (χ3n) is 4.39. The number of aromatic amines is 1. The van der Waals surface area contributed by atoms with E-state index in [9.17, 15) is 5.26 Å². The van der Waals surface area contributed by atoms with Crippen molar-refractivity contribution in [2.45, 2.75) is 25.8 Å². The standard InChI is InChI=1S/C15H16N6/c1-2-11-5-10(6-16)8-20(11)21-9-19-13-7-18-15-12(14(13)21)3-4-17-15/h3-4,7,9-11H,2,5,8H2,1H3,(H,17,18)/t10-,11-/m1/s1. The van der Waals surface area contributed by atoms with E-state index in [2.05, 4.69) is 37.6 Å². The highest BCUT2D eigenvalue weighted by Gasteiger charge is 2.32. The zero-order chi connectivity index (χ0) is 14.4. The van der Waals surface area contributed by atoms with Gasteiger partial charge in [-0.2, -0.15) is 5.26 Å². The van der Waals surface area contributed by atoms with Gasteiger partial charge in [0.1, 0.15) is 23.0 Å². The van der Waals surface area contributed by atoms with Crippen LogP contribution in [0, 0.1) is 17.2 Å². The number of H-pyrrole nitrogens is 1. The molecule has 0 unspecified atom stereocenters. The molecule has 0 spiro atoms. The number of hydrogen-bond donors (Lipinski definition) is 1. The summed E-state index contributed by atoms with van der Waals surface area (Å²) in [5.74, 6) is 0.0935. The summed E-state index contributed by atoms with van der Waals surface area (Å²) in [6.07, 6.45) is 7.49. The SMILES string of the molecule is CC[C@@H]1C[C@H](C#N)CN1n1cnc2cnc3[nH]ccc3c21. The highest BCUT2D eigenvalue weighted by molar-refractivity contribution is 6.01. The van der Waals surface area contributed by atoms with Crippen molar-refractivity contribution >= 4 is 22.1 Å². The molecular formula is C15H16N6. The molecule has 3 aromatic heterocycles. The lowest BCUT2D eigenvalue weighted by atomic mass is 10.1. The quantitative estimate of drug-likeness (QED) is 0.780. The number of nitrogens with one attached hydrogen (secondary N) is 1. The second-order valence-corrected chi connectivity index (χ2v) is 5.57. The van der Waals surface area contributed by atoms with Crippen molar-refractivity contribution in [2.75, 3.05) is 11.6 Å². The summed E-state index contributed by atoms with van der Waals surface area (Å²) in [5.41, 5.74) is 2.82. The summed E-state index contributed by atoms with van der Waals surface area (Å²) in [6.45, 7) is 2.93. The maximum Gasteiger partial charge on any atom is 0.139 e. The lowest BCUT2D eigenvalue weighted by Gasteiger charge is -2.27. The van der Waals surface area contributed by atoms with Crippen molar-refractivity contribution in [1.82, 2.24) is 19.6 Å². The molecule has 106 valence electrons. The van der Waals surface area contributed by atoms with Crippen molar-refractivity contribution < 1.29 is 0 Å². The highest BCUT2D eigenvalue weighted by atomic mass is 15.6. The van der Waals surface area contributed by atoms with Gasteiger partial charge >= 0.3 is 0 Å². The van der Waals surface area contributed by atoms with E-state index in [-0.39, 0.29) is 5.92 Å². The monoisotopic (exact) mass is 280 g/mol. The third-order valence-corrected chi connectivity index (χ3v) is 4.39. The summed E-state index contributed by atoms with van der Waals surface area (Å²) >= 11 is 0. The molecule has 21 heavy (non-hydrogen) atoms. The van der Waals surface area contributed by atoms with Gasteiger partial charge < -0.3 is 9.99 Å². The summed E-state index contributed by atoms with van der Waals surface area (Å²) in [5, 5.41) is 12.6. The Morgan fingerprint density at radius 1 is 1.48 bits per heavy atom. The second kappa shape index (κ2) is 4.48. The molecule has 6 nitrogen and oxygen atoms in total.